The molecule has 1 aromatic carbocycles. The van der Waals surface area contributed by atoms with Crippen molar-refractivity contribution in [3.63, 3.8) is 0 Å². The van der Waals surface area contributed by atoms with Gasteiger partial charge in [-0.3, -0.25) is 4.79 Å². The first-order valence-electron chi connectivity index (χ1n) is 9.17. The second-order valence-electron chi connectivity index (χ2n) is 6.37. The van der Waals surface area contributed by atoms with Gasteiger partial charge in [0.2, 0.25) is 5.91 Å². The van der Waals surface area contributed by atoms with E-state index in [0.29, 0.717) is 24.4 Å². The van der Waals surface area contributed by atoms with Crippen LogP contribution in [0, 0.1) is 11.8 Å². The van der Waals surface area contributed by atoms with Gasteiger partial charge in [0.1, 0.15) is 12.6 Å². The number of aliphatic hydroxyl groups is 2. The molecule has 146 valence electrons. The summed E-state index contributed by atoms with van der Waals surface area (Å²) in [6.45, 7) is 1.03. The lowest BCUT2D eigenvalue weighted by molar-refractivity contribution is -0.133. The van der Waals surface area contributed by atoms with E-state index in [2.05, 4.69) is 11.8 Å². The molecule has 1 aliphatic heterocycles. The molecule has 6 heteroatoms. The maximum Gasteiger partial charge on any atom is 0.223 e. The van der Waals surface area contributed by atoms with Crippen LogP contribution in [0.5, 0.6) is 0 Å². The summed E-state index contributed by atoms with van der Waals surface area (Å²) in [7, 11) is 0. The lowest BCUT2D eigenvalue weighted by Gasteiger charge is -2.30. The minimum atomic E-state index is -0.696. The van der Waals surface area contributed by atoms with Crippen LogP contribution in [0.4, 0.5) is 0 Å². The van der Waals surface area contributed by atoms with Crippen LogP contribution in [0.2, 0.25) is 5.02 Å². The first-order chi connectivity index (χ1) is 13.1. The van der Waals surface area contributed by atoms with Crippen LogP contribution >= 0.6 is 11.6 Å². The van der Waals surface area contributed by atoms with E-state index < -0.39 is 12.1 Å². The molecule has 27 heavy (non-hydrogen) atoms. The van der Waals surface area contributed by atoms with Crippen LogP contribution < -0.4 is 0 Å². The Balaban J connectivity index is 2.02. The van der Waals surface area contributed by atoms with Crippen molar-refractivity contribution >= 4 is 17.5 Å². The molecular formula is C21H26ClNO4. The number of piperidine rings is 1. The number of benzene rings is 1. The second kappa shape index (κ2) is 11.8. The SMILES string of the molecule is O=C1CCCCN1[C@@H](C#CCOCCO)/C=C/[C@H](O)Cc1cccc(Cl)c1. The van der Waals surface area contributed by atoms with E-state index in [1.165, 1.54) is 0 Å². The molecule has 5 nitrogen and oxygen atoms in total. The summed E-state index contributed by atoms with van der Waals surface area (Å²) in [5.74, 6) is 6.00. The molecule has 0 spiro atoms. The number of likely N-dealkylation sites (tertiary alicyclic amines) is 1. The Bertz CT molecular complexity index is 695. The quantitative estimate of drug-likeness (QED) is 0.405. The average Bonchev–Trinajstić information content (AvgIpc) is 2.65. The predicted octanol–water partition coefficient (Wildman–Crippen LogP) is 2.19. The number of amides is 1. The topological polar surface area (TPSA) is 70.0 Å². The van der Waals surface area contributed by atoms with Gasteiger partial charge in [-0.1, -0.05) is 47.7 Å². The van der Waals surface area contributed by atoms with Crippen LogP contribution in [0.15, 0.2) is 36.4 Å². The Labute approximate surface area is 165 Å². The van der Waals surface area contributed by atoms with Crippen LogP contribution in [0.3, 0.4) is 0 Å². The fraction of sp³-hybridized carbons (Fsp3) is 0.476. The van der Waals surface area contributed by atoms with Gasteiger partial charge in [-0.15, -0.1) is 0 Å². The standard InChI is InChI=1S/C21H26ClNO4/c22-18-6-3-5-17(15-18)16-20(25)10-9-19(7-4-13-27-14-12-24)23-11-2-1-8-21(23)26/h3,5-6,9-10,15,19-20,24-25H,1-2,8,11-14,16H2/b10-9+/t19-,20-/m0/s1. The number of carbonyl (C=O) groups is 1. The van der Waals surface area contributed by atoms with E-state index in [1.807, 2.05) is 18.2 Å². The van der Waals surface area contributed by atoms with Crippen LogP contribution in [0.25, 0.3) is 0 Å². The Morgan fingerprint density at radius 3 is 2.93 bits per heavy atom. The number of carbonyl (C=O) groups excluding carboxylic acids is 1. The minimum Gasteiger partial charge on any atom is -0.394 e. The number of rotatable bonds is 8. The monoisotopic (exact) mass is 391 g/mol. The van der Waals surface area contributed by atoms with Crippen molar-refractivity contribution in [1.82, 2.24) is 4.90 Å². The van der Waals surface area contributed by atoms with Crippen molar-refractivity contribution in [3.05, 3.63) is 47.0 Å². The number of hydrogen-bond acceptors (Lipinski definition) is 4. The van der Waals surface area contributed by atoms with Crippen molar-refractivity contribution < 1.29 is 19.7 Å². The zero-order valence-corrected chi connectivity index (χ0v) is 16.1. The summed E-state index contributed by atoms with van der Waals surface area (Å²) in [6.07, 6.45) is 5.56. The number of nitrogens with zero attached hydrogens (tertiary/aromatic N) is 1. The summed E-state index contributed by atoms with van der Waals surface area (Å²) in [5, 5.41) is 19.7. The summed E-state index contributed by atoms with van der Waals surface area (Å²) in [6, 6.07) is 6.97. The molecule has 1 amide bonds. The largest absolute Gasteiger partial charge is 0.394 e. The van der Waals surface area contributed by atoms with Gasteiger partial charge in [0.25, 0.3) is 0 Å². The predicted molar refractivity (Wildman–Crippen MR) is 105 cm³/mol. The zero-order valence-electron chi connectivity index (χ0n) is 15.3. The highest BCUT2D eigenvalue weighted by Gasteiger charge is 2.23. The van der Waals surface area contributed by atoms with Gasteiger partial charge in [-0.25, -0.2) is 0 Å². The highest BCUT2D eigenvalue weighted by atomic mass is 35.5. The summed E-state index contributed by atoms with van der Waals surface area (Å²) in [4.78, 5) is 14.0. The molecule has 0 aromatic heterocycles. The summed E-state index contributed by atoms with van der Waals surface area (Å²) in [5.41, 5.74) is 0.939. The number of aliphatic hydroxyl groups excluding tert-OH is 2. The summed E-state index contributed by atoms with van der Waals surface area (Å²) < 4.78 is 5.15. The third-order valence-corrected chi connectivity index (χ3v) is 4.44. The van der Waals surface area contributed by atoms with Crippen LogP contribution in [-0.2, 0) is 16.0 Å². The Morgan fingerprint density at radius 1 is 1.33 bits per heavy atom. The molecule has 2 N–H and O–H groups in total. The Hall–Kier alpha value is -1.84. The van der Waals surface area contributed by atoms with E-state index in [-0.39, 0.29) is 25.7 Å². The van der Waals surface area contributed by atoms with Crippen molar-refractivity contribution in [2.75, 3.05) is 26.4 Å². The first-order valence-corrected chi connectivity index (χ1v) is 9.55. The third kappa shape index (κ3) is 7.74. The molecule has 0 radical (unpaired) electrons. The normalized spacial score (nSPS) is 16.9. The second-order valence-corrected chi connectivity index (χ2v) is 6.81. The van der Waals surface area contributed by atoms with Gasteiger partial charge in [0.15, 0.2) is 0 Å². The van der Waals surface area contributed by atoms with Gasteiger partial charge < -0.3 is 19.8 Å². The molecule has 1 saturated heterocycles. The van der Waals surface area contributed by atoms with Crippen molar-refractivity contribution in [1.29, 1.82) is 0 Å². The Kier molecular flexibility index (Phi) is 9.37. The maximum atomic E-state index is 12.2. The van der Waals surface area contributed by atoms with E-state index in [4.69, 9.17) is 21.4 Å². The molecule has 2 atom stereocenters. The smallest absolute Gasteiger partial charge is 0.223 e. The van der Waals surface area contributed by atoms with Gasteiger partial charge >= 0.3 is 0 Å². The molecule has 1 aliphatic rings. The zero-order chi connectivity index (χ0) is 19.5. The van der Waals surface area contributed by atoms with Gasteiger partial charge in [-0.2, -0.15) is 0 Å². The van der Waals surface area contributed by atoms with E-state index in [1.54, 1.807) is 23.1 Å². The average molecular weight is 392 g/mol. The number of hydrogen-bond donors (Lipinski definition) is 2. The van der Waals surface area contributed by atoms with E-state index in [0.717, 1.165) is 18.4 Å². The molecule has 1 fully saturated rings. The van der Waals surface area contributed by atoms with Crippen molar-refractivity contribution in [3.8, 4) is 11.8 Å². The molecule has 0 aliphatic carbocycles. The number of halogens is 1. The van der Waals surface area contributed by atoms with Crippen molar-refractivity contribution in [2.45, 2.75) is 37.8 Å². The fourth-order valence-corrected chi connectivity index (χ4v) is 3.10. The molecular weight excluding hydrogens is 366 g/mol. The minimum absolute atomic E-state index is 0.0503. The molecule has 0 unspecified atom stereocenters. The van der Waals surface area contributed by atoms with E-state index in [9.17, 15) is 9.90 Å². The highest BCUT2D eigenvalue weighted by Crippen LogP contribution is 2.16. The first kappa shape index (κ1) is 21.5. The van der Waals surface area contributed by atoms with Gasteiger partial charge in [0.05, 0.1) is 19.3 Å². The van der Waals surface area contributed by atoms with Crippen LogP contribution in [-0.4, -0.2) is 59.5 Å². The van der Waals surface area contributed by atoms with E-state index >= 15 is 0 Å². The van der Waals surface area contributed by atoms with Crippen molar-refractivity contribution in [2.24, 2.45) is 0 Å². The van der Waals surface area contributed by atoms with Gasteiger partial charge in [0, 0.05) is 24.4 Å². The highest BCUT2D eigenvalue weighted by molar-refractivity contribution is 6.30. The Morgan fingerprint density at radius 2 is 2.19 bits per heavy atom. The third-order valence-electron chi connectivity index (χ3n) is 4.21. The maximum absolute atomic E-state index is 12.2. The number of ether oxygens (including phenoxy) is 1. The molecule has 0 bridgehead atoms. The fourth-order valence-electron chi connectivity index (χ4n) is 2.89. The lowest BCUT2D eigenvalue weighted by Crippen LogP contribution is -2.41. The lowest BCUT2D eigenvalue weighted by atomic mass is 10.0. The molecule has 2 rings (SSSR count). The molecule has 1 heterocycles. The summed E-state index contributed by atoms with van der Waals surface area (Å²) >= 11 is 5.98. The van der Waals surface area contributed by atoms with Gasteiger partial charge in [-0.05, 0) is 30.5 Å². The molecule has 0 saturated carbocycles. The molecule has 1 aromatic rings. The van der Waals surface area contributed by atoms with Crippen LogP contribution in [0.1, 0.15) is 24.8 Å².